The standard InChI is InChI=1S/C25H27ClN4O2S/c1-6-20(31)30-22-16(5)11-15(4)12-18(22)21-23(27-25(29-28-21)33-13-14(2)3)32-24(30)17-9-7-8-10-19(17)26/h7-12,14,24H,6,13H2,1-5H3/t24-/m1/s1. The lowest BCUT2D eigenvalue weighted by Crippen LogP contribution is -2.38. The zero-order valence-electron chi connectivity index (χ0n) is 19.4. The van der Waals surface area contributed by atoms with Gasteiger partial charge in [-0.2, -0.15) is 4.98 Å². The first-order valence-corrected chi connectivity index (χ1v) is 12.4. The van der Waals surface area contributed by atoms with E-state index in [2.05, 4.69) is 30.1 Å². The van der Waals surface area contributed by atoms with Gasteiger partial charge in [0.1, 0.15) is 0 Å². The molecule has 6 nitrogen and oxygen atoms in total. The molecule has 1 aliphatic rings. The van der Waals surface area contributed by atoms with Crippen LogP contribution in [0.3, 0.4) is 0 Å². The molecular weight excluding hydrogens is 456 g/mol. The molecule has 0 radical (unpaired) electrons. The number of carbonyl (C=O) groups is 1. The third-order valence-electron chi connectivity index (χ3n) is 5.32. The number of fused-ring (bicyclic) bond motifs is 3. The van der Waals surface area contributed by atoms with Gasteiger partial charge in [0, 0.05) is 28.3 Å². The van der Waals surface area contributed by atoms with Crippen molar-refractivity contribution in [2.45, 2.75) is 52.4 Å². The van der Waals surface area contributed by atoms with E-state index in [1.165, 1.54) is 11.8 Å². The molecule has 33 heavy (non-hydrogen) atoms. The SMILES string of the molecule is CCC(=O)N1c2c(C)cc(C)cc2-c2nnc(SCC(C)C)nc2O[C@@H]1c1ccccc1Cl. The second kappa shape index (κ2) is 9.69. The maximum absolute atomic E-state index is 13.4. The molecule has 0 aliphatic carbocycles. The van der Waals surface area contributed by atoms with Crippen molar-refractivity contribution in [3.05, 3.63) is 58.1 Å². The molecule has 2 aromatic carbocycles. The van der Waals surface area contributed by atoms with Crippen LogP contribution in [0.4, 0.5) is 5.69 Å². The van der Waals surface area contributed by atoms with Crippen molar-refractivity contribution in [3.8, 4) is 17.1 Å². The Morgan fingerprint density at radius 1 is 1.21 bits per heavy atom. The Balaban J connectivity index is 1.98. The van der Waals surface area contributed by atoms with Gasteiger partial charge in [0.2, 0.25) is 23.2 Å². The quantitative estimate of drug-likeness (QED) is 0.392. The van der Waals surface area contributed by atoms with Gasteiger partial charge in [-0.05, 0) is 37.5 Å². The summed E-state index contributed by atoms with van der Waals surface area (Å²) in [6.45, 7) is 10.1. The summed E-state index contributed by atoms with van der Waals surface area (Å²) in [4.78, 5) is 19.8. The lowest BCUT2D eigenvalue weighted by atomic mass is 10.00. The van der Waals surface area contributed by atoms with E-state index in [0.717, 1.165) is 28.1 Å². The largest absolute Gasteiger partial charge is 0.447 e. The van der Waals surface area contributed by atoms with Crippen molar-refractivity contribution in [1.82, 2.24) is 15.2 Å². The first kappa shape index (κ1) is 23.5. The van der Waals surface area contributed by atoms with Crippen molar-refractivity contribution >= 4 is 35.0 Å². The second-order valence-electron chi connectivity index (χ2n) is 8.54. The number of thioether (sulfide) groups is 1. The fraction of sp³-hybridized carbons (Fsp3) is 0.360. The van der Waals surface area contributed by atoms with Gasteiger partial charge in [0.15, 0.2) is 5.69 Å². The number of halogens is 1. The molecule has 172 valence electrons. The van der Waals surface area contributed by atoms with Crippen molar-refractivity contribution < 1.29 is 9.53 Å². The monoisotopic (exact) mass is 482 g/mol. The highest BCUT2D eigenvalue weighted by molar-refractivity contribution is 7.99. The van der Waals surface area contributed by atoms with Gasteiger partial charge in [0.05, 0.1) is 5.69 Å². The molecule has 1 atom stereocenters. The van der Waals surface area contributed by atoms with E-state index >= 15 is 0 Å². The summed E-state index contributed by atoms with van der Waals surface area (Å²) >= 11 is 8.12. The van der Waals surface area contributed by atoms with Crippen LogP contribution in [-0.4, -0.2) is 26.8 Å². The first-order valence-electron chi connectivity index (χ1n) is 11.0. The fourth-order valence-electron chi connectivity index (χ4n) is 3.89. The number of rotatable bonds is 5. The third kappa shape index (κ3) is 4.70. The molecule has 4 rings (SSSR count). The van der Waals surface area contributed by atoms with E-state index in [9.17, 15) is 4.79 Å². The van der Waals surface area contributed by atoms with Crippen LogP contribution in [0.15, 0.2) is 41.6 Å². The molecule has 2 heterocycles. The first-order chi connectivity index (χ1) is 15.8. The Kier molecular flexibility index (Phi) is 6.91. The highest BCUT2D eigenvalue weighted by Gasteiger charge is 2.37. The molecule has 1 aliphatic heterocycles. The predicted molar refractivity (Wildman–Crippen MR) is 133 cm³/mol. The van der Waals surface area contributed by atoms with Gasteiger partial charge in [0.25, 0.3) is 0 Å². The van der Waals surface area contributed by atoms with E-state index in [1.54, 1.807) is 11.0 Å². The minimum absolute atomic E-state index is 0.0803. The van der Waals surface area contributed by atoms with Crippen molar-refractivity contribution in [2.24, 2.45) is 5.92 Å². The number of ether oxygens (including phenoxy) is 1. The van der Waals surface area contributed by atoms with Gasteiger partial charge in [-0.15, -0.1) is 10.2 Å². The zero-order valence-corrected chi connectivity index (χ0v) is 21.0. The number of benzene rings is 2. The number of aryl methyl sites for hydroxylation is 2. The van der Waals surface area contributed by atoms with Crippen LogP contribution in [0.5, 0.6) is 5.88 Å². The maximum atomic E-state index is 13.4. The van der Waals surface area contributed by atoms with Crippen LogP contribution < -0.4 is 9.64 Å². The van der Waals surface area contributed by atoms with Gasteiger partial charge >= 0.3 is 0 Å². The van der Waals surface area contributed by atoms with E-state index < -0.39 is 6.23 Å². The minimum atomic E-state index is -0.785. The molecular formula is C25H27ClN4O2S. The summed E-state index contributed by atoms with van der Waals surface area (Å²) in [6, 6.07) is 11.5. The van der Waals surface area contributed by atoms with Crippen LogP contribution in [0, 0.1) is 19.8 Å². The number of anilines is 1. The molecule has 0 N–H and O–H groups in total. The number of hydrogen-bond donors (Lipinski definition) is 0. The van der Waals surface area contributed by atoms with Gasteiger partial charge in [-0.1, -0.05) is 74.0 Å². The average molecular weight is 483 g/mol. The molecule has 1 aromatic heterocycles. The van der Waals surface area contributed by atoms with Gasteiger partial charge in [-0.25, -0.2) is 0 Å². The van der Waals surface area contributed by atoms with Crippen LogP contribution in [0.2, 0.25) is 5.02 Å². The van der Waals surface area contributed by atoms with Crippen LogP contribution in [-0.2, 0) is 4.79 Å². The zero-order chi connectivity index (χ0) is 23.7. The number of nitrogens with zero attached hydrogens (tertiary/aromatic N) is 4. The highest BCUT2D eigenvalue weighted by atomic mass is 35.5. The Labute approximate surface area is 203 Å². The summed E-state index contributed by atoms with van der Waals surface area (Å²) in [5, 5.41) is 9.94. The molecule has 0 saturated carbocycles. The number of carbonyl (C=O) groups excluding carboxylic acids is 1. The molecule has 8 heteroatoms. The van der Waals surface area contributed by atoms with E-state index in [0.29, 0.717) is 39.7 Å². The summed E-state index contributed by atoms with van der Waals surface area (Å²) < 4.78 is 6.48. The smallest absolute Gasteiger partial charge is 0.247 e. The van der Waals surface area contributed by atoms with Crippen molar-refractivity contribution in [3.63, 3.8) is 0 Å². The van der Waals surface area contributed by atoms with Crippen LogP contribution in [0.1, 0.15) is 50.1 Å². The Hall–Kier alpha value is -2.64. The number of amides is 1. The maximum Gasteiger partial charge on any atom is 0.247 e. The molecule has 0 fully saturated rings. The fourth-order valence-corrected chi connectivity index (χ4v) is 4.85. The van der Waals surface area contributed by atoms with E-state index in [1.807, 2.05) is 45.0 Å². The molecule has 0 saturated heterocycles. The summed E-state index contributed by atoms with van der Waals surface area (Å²) in [6.07, 6.45) is -0.477. The van der Waals surface area contributed by atoms with Crippen molar-refractivity contribution in [1.29, 1.82) is 0 Å². The average Bonchev–Trinajstić information content (AvgIpc) is 2.92. The number of hydrogen-bond acceptors (Lipinski definition) is 6. The normalized spacial score (nSPS) is 15.0. The van der Waals surface area contributed by atoms with Gasteiger partial charge in [-0.3, -0.25) is 9.69 Å². The minimum Gasteiger partial charge on any atom is -0.447 e. The Bertz CT molecular complexity index is 1200. The van der Waals surface area contributed by atoms with E-state index in [4.69, 9.17) is 21.3 Å². The lowest BCUT2D eigenvalue weighted by Gasteiger charge is -2.32. The topological polar surface area (TPSA) is 68.2 Å². The van der Waals surface area contributed by atoms with E-state index in [-0.39, 0.29) is 5.91 Å². The lowest BCUT2D eigenvalue weighted by molar-refractivity contribution is -0.120. The molecule has 0 spiro atoms. The molecule has 3 aromatic rings. The number of aromatic nitrogens is 3. The molecule has 0 unspecified atom stereocenters. The third-order valence-corrected chi connectivity index (χ3v) is 6.93. The summed E-state index contributed by atoms with van der Waals surface area (Å²) in [5.74, 6) is 1.61. The summed E-state index contributed by atoms with van der Waals surface area (Å²) in [7, 11) is 0. The Morgan fingerprint density at radius 3 is 2.67 bits per heavy atom. The van der Waals surface area contributed by atoms with Crippen LogP contribution in [0.25, 0.3) is 11.3 Å². The van der Waals surface area contributed by atoms with Crippen molar-refractivity contribution in [2.75, 3.05) is 10.7 Å². The van der Waals surface area contributed by atoms with Crippen LogP contribution >= 0.6 is 23.4 Å². The highest BCUT2D eigenvalue weighted by Crippen LogP contribution is 2.46. The molecule has 1 amide bonds. The Morgan fingerprint density at radius 2 is 1.97 bits per heavy atom. The molecule has 0 bridgehead atoms. The van der Waals surface area contributed by atoms with Gasteiger partial charge < -0.3 is 4.74 Å². The predicted octanol–water partition coefficient (Wildman–Crippen LogP) is 6.39. The second-order valence-corrected chi connectivity index (χ2v) is 9.93. The summed E-state index contributed by atoms with van der Waals surface area (Å²) in [5.41, 5.74) is 4.73.